The van der Waals surface area contributed by atoms with E-state index >= 15 is 0 Å². The largest absolute Gasteiger partial charge is 0.462 e. The number of ketones is 2. The molecule has 0 spiro atoms. The van der Waals surface area contributed by atoms with E-state index in [-0.39, 0.29) is 23.8 Å². The van der Waals surface area contributed by atoms with E-state index in [1.165, 1.54) is 0 Å². The number of carbonyl (C=O) groups is 4. The van der Waals surface area contributed by atoms with Gasteiger partial charge in [-0.15, -0.1) is 0 Å². The van der Waals surface area contributed by atoms with Crippen LogP contribution >= 0.6 is 0 Å². The molecule has 1 fully saturated rings. The molecule has 0 unspecified atom stereocenters. The lowest BCUT2D eigenvalue weighted by Gasteiger charge is -2.27. The highest BCUT2D eigenvalue weighted by Gasteiger charge is 2.29. The molecule has 0 N–H and O–H groups in total. The highest BCUT2D eigenvalue weighted by atomic mass is 16.5. The van der Waals surface area contributed by atoms with Crippen LogP contribution in [0.2, 0.25) is 0 Å². The summed E-state index contributed by atoms with van der Waals surface area (Å²) in [5.74, 6) is 0.0535. The van der Waals surface area contributed by atoms with Crippen LogP contribution in [0.1, 0.15) is 90.9 Å². The Morgan fingerprint density at radius 2 is 0.969 bits per heavy atom. The van der Waals surface area contributed by atoms with Crippen LogP contribution in [0.4, 0.5) is 0 Å². The molecular weight excluding hydrogens is 408 g/mol. The van der Waals surface area contributed by atoms with E-state index in [4.69, 9.17) is 9.47 Å². The Balaban J connectivity index is 2.09. The van der Waals surface area contributed by atoms with Gasteiger partial charge in [0.2, 0.25) is 0 Å². The van der Waals surface area contributed by atoms with E-state index in [1.54, 1.807) is 13.8 Å². The minimum absolute atomic E-state index is 0.0864. The summed E-state index contributed by atoms with van der Waals surface area (Å²) in [4.78, 5) is 47.5. The number of rotatable bonds is 16. The molecule has 0 saturated heterocycles. The highest BCUT2D eigenvalue weighted by molar-refractivity contribution is 5.87. The SMILES string of the molecule is C=C(C)C(=O)OCCCCCC(=O)C1CCC(C(=O)CCCCCOC(=O)C(=C)C)CC1. The standard InChI is InChI=1S/C26H40O6/c1-19(2)25(29)31-17-9-5-7-11-23(27)21-13-15-22(16-14-21)24(28)12-8-6-10-18-32-26(30)20(3)4/h21-22H,1,3,5-18H2,2,4H3. The summed E-state index contributed by atoms with van der Waals surface area (Å²) in [6.07, 6.45) is 9.20. The monoisotopic (exact) mass is 448 g/mol. The van der Waals surface area contributed by atoms with Crippen LogP contribution in [-0.2, 0) is 28.7 Å². The normalized spacial score (nSPS) is 17.9. The molecule has 180 valence electrons. The van der Waals surface area contributed by atoms with Gasteiger partial charge in [-0.2, -0.15) is 0 Å². The molecule has 0 aromatic rings. The summed E-state index contributed by atoms with van der Waals surface area (Å²) in [5.41, 5.74) is 0.798. The van der Waals surface area contributed by atoms with Gasteiger partial charge in [-0.1, -0.05) is 13.2 Å². The van der Waals surface area contributed by atoms with Gasteiger partial charge >= 0.3 is 11.9 Å². The molecule has 1 aliphatic carbocycles. The predicted molar refractivity (Wildman–Crippen MR) is 124 cm³/mol. The van der Waals surface area contributed by atoms with Gasteiger partial charge in [0, 0.05) is 35.8 Å². The molecule has 0 aromatic heterocycles. The van der Waals surface area contributed by atoms with E-state index in [2.05, 4.69) is 13.2 Å². The van der Waals surface area contributed by atoms with Crippen LogP contribution in [0.3, 0.4) is 0 Å². The number of ether oxygens (including phenoxy) is 2. The van der Waals surface area contributed by atoms with Gasteiger partial charge in [0.15, 0.2) is 0 Å². The predicted octanol–water partition coefficient (Wildman–Crippen LogP) is 5.29. The zero-order valence-electron chi connectivity index (χ0n) is 19.9. The van der Waals surface area contributed by atoms with Crippen LogP contribution < -0.4 is 0 Å². The van der Waals surface area contributed by atoms with Gasteiger partial charge in [-0.05, 0) is 78.1 Å². The molecule has 6 nitrogen and oxygen atoms in total. The third-order valence-corrected chi connectivity index (χ3v) is 5.94. The van der Waals surface area contributed by atoms with Crippen LogP contribution in [0.25, 0.3) is 0 Å². The molecule has 0 atom stereocenters. The summed E-state index contributed by atoms with van der Waals surface area (Å²) in [5, 5.41) is 0. The Morgan fingerprint density at radius 1 is 0.625 bits per heavy atom. The van der Waals surface area contributed by atoms with Crippen LogP contribution in [-0.4, -0.2) is 36.7 Å². The first-order chi connectivity index (χ1) is 15.2. The molecule has 1 saturated carbocycles. The minimum atomic E-state index is -0.364. The number of carbonyl (C=O) groups excluding carboxylic acids is 4. The molecule has 1 rings (SSSR count). The maximum absolute atomic E-state index is 12.4. The van der Waals surface area contributed by atoms with Crippen molar-refractivity contribution < 1.29 is 28.7 Å². The Morgan fingerprint density at radius 3 is 1.28 bits per heavy atom. The van der Waals surface area contributed by atoms with E-state index in [0.717, 1.165) is 64.2 Å². The molecule has 0 radical (unpaired) electrons. The summed E-state index contributed by atoms with van der Waals surface area (Å²) in [6.45, 7) is 11.1. The Labute approximate surface area is 192 Å². The molecule has 0 aromatic carbocycles. The molecule has 6 heteroatoms. The van der Waals surface area contributed by atoms with Crippen molar-refractivity contribution in [3.63, 3.8) is 0 Å². The Hall–Kier alpha value is -2.24. The fraction of sp³-hybridized carbons (Fsp3) is 0.692. The lowest BCUT2D eigenvalue weighted by Crippen LogP contribution is -2.26. The van der Waals surface area contributed by atoms with Crippen molar-refractivity contribution in [1.82, 2.24) is 0 Å². The van der Waals surface area contributed by atoms with Crippen molar-refractivity contribution in [3.8, 4) is 0 Å². The minimum Gasteiger partial charge on any atom is -0.462 e. The van der Waals surface area contributed by atoms with E-state index < -0.39 is 0 Å². The summed E-state index contributed by atoms with van der Waals surface area (Å²) in [6, 6.07) is 0. The van der Waals surface area contributed by atoms with Crippen molar-refractivity contribution in [3.05, 3.63) is 24.3 Å². The number of Topliss-reactive ketones (excluding diaryl/α,β-unsaturated/α-hetero) is 2. The van der Waals surface area contributed by atoms with E-state index in [1.807, 2.05) is 0 Å². The first-order valence-electron chi connectivity index (χ1n) is 11.9. The molecule has 0 aliphatic heterocycles. The van der Waals surface area contributed by atoms with Gasteiger partial charge in [0.05, 0.1) is 13.2 Å². The second kappa shape index (κ2) is 15.5. The second-order valence-corrected chi connectivity index (χ2v) is 8.93. The lowest BCUT2D eigenvalue weighted by atomic mass is 9.77. The lowest BCUT2D eigenvalue weighted by molar-refractivity contribution is -0.139. The zero-order chi connectivity index (χ0) is 23.9. The molecule has 0 heterocycles. The summed E-state index contributed by atoms with van der Waals surface area (Å²) < 4.78 is 10.1. The van der Waals surface area contributed by atoms with Crippen LogP contribution in [0, 0.1) is 11.8 Å². The molecule has 0 amide bonds. The van der Waals surface area contributed by atoms with Gasteiger partial charge in [-0.3, -0.25) is 9.59 Å². The fourth-order valence-corrected chi connectivity index (χ4v) is 3.88. The average Bonchev–Trinajstić information content (AvgIpc) is 2.77. The van der Waals surface area contributed by atoms with Gasteiger partial charge in [-0.25, -0.2) is 9.59 Å². The topological polar surface area (TPSA) is 86.7 Å². The first-order valence-corrected chi connectivity index (χ1v) is 11.9. The average molecular weight is 449 g/mol. The van der Waals surface area contributed by atoms with Gasteiger partial charge < -0.3 is 9.47 Å². The highest BCUT2D eigenvalue weighted by Crippen LogP contribution is 2.32. The molecule has 0 bridgehead atoms. The Bertz CT molecular complexity index is 612. The van der Waals surface area contributed by atoms with E-state index in [0.29, 0.717) is 48.8 Å². The molecule has 1 aliphatic rings. The summed E-state index contributed by atoms with van der Waals surface area (Å²) in [7, 11) is 0. The van der Waals surface area contributed by atoms with Crippen molar-refractivity contribution in [2.45, 2.75) is 90.9 Å². The van der Waals surface area contributed by atoms with Crippen LogP contribution in [0.5, 0.6) is 0 Å². The number of hydrogen-bond acceptors (Lipinski definition) is 6. The molecule has 32 heavy (non-hydrogen) atoms. The number of unbranched alkanes of at least 4 members (excludes halogenated alkanes) is 4. The van der Waals surface area contributed by atoms with Crippen LogP contribution in [0.15, 0.2) is 24.3 Å². The fourth-order valence-electron chi connectivity index (χ4n) is 3.88. The quantitative estimate of drug-likeness (QED) is 0.181. The van der Waals surface area contributed by atoms with Crippen molar-refractivity contribution in [2.75, 3.05) is 13.2 Å². The maximum atomic E-state index is 12.4. The van der Waals surface area contributed by atoms with Gasteiger partial charge in [0.1, 0.15) is 11.6 Å². The Kier molecular flexibility index (Phi) is 13.5. The first kappa shape index (κ1) is 27.8. The number of hydrogen-bond donors (Lipinski definition) is 0. The summed E-state index contributed by atoms with van der Waals surface area (Å²) >= 11 is 0. The second-order valence-electron chi connectivity index (χ2n) is 8.93. The third-order valence-electron chi connectivity index (χ3n) is 5.94. The van der Waals surface area contributed by atoms with E-state index in [9.17, 15) is 19.2 Å². The number of esters is 2. The van der Waals surface area contributed by atoms with Crippen molar-refractivity contribution >= 4 is 23.5 Å². The maximum Gasteiger partial charge on any atom is 0.333 e. The third kappa shape index (κ3) is 11.4. The van der Waals surface area contributed by atoms with Gasteiger partial charge in [0.25, 0.3) is 0 Å². The molecular formula is C26H40O6. The smallest absolute Gasteiger partial charge is 0.333 e. The van der Waals surface area contributed by atoms with Crippen molar-refractivity contribution in [2.24, 2.45) is 11.8 Å². The van der Waals surface area contributed by atoms with Crippen molar-refractivity contribution in [1.29, 1.82) is 0 Å². The zero-order valence-corrected chi connectivity index (χ0v) is 19.9.